The van der Waals surface area contributed by atoms with E-state index in [1.807, 2.05) is 13.2 Å². The van der Waals surface area contributed by atoms with Crippen LogP contribution in [0.25, 0.3) is 0 Å². The second kappa shape index (κ2) is 5.41. The van der Waals surface area contributed by atoms with Crippen molar-refractivity contribution >= 4 is 5.69 Å². The molecule has 0 radical (unpaired) electrons. The molecule has 1 aliphatic heterocycles. The van der Waals surface area contributed by atoms with Gasteiger partial charge in [-0.2, -0.15) is 0 Å². The second-order valence-corrected chi connectivity index (χ2v) is 4.98. The van der Waals surface area contributed by atoms with Crippen molar-refractivity contribution in [3.63, 3.8) is 0 Å². The van der Waals surface area contributed by atoms with Gasteiger partial charge in [0, 0.05) is 31.5 Å². The topological polar surface area (TPSA) is 28.2 Å². The molecule has 1 N–H and O–H groups in total. The zero-order chi connectivity index (χ0) is 13.1. The lowest BCUT2D eigenvalue weighted by Crippen LogP contribution is -2.30. The van der Waals surface area contributed by atoms with E-state index in [4.69, 9.17) is 0 Å². The third-order valence-electron chi connectivity index (χ3n) is 3.65. The molecule has 2 aromatic rings. The van der Waals surface area contributed by atoms with Crippen molar-refractivity contribution in [3.8, 4) is 0 Å². The standard InChI is InChI=1S/C16H19N3/c1-17-11-15-10-16(6-8-18-15)19-9-7-13-4-2-3-5-14(13)12-19/h2-6,8,10,17H,7,9,11-12H2,1H3. The molecule has 2 heterocycles. The summed E-state index contributed by atoms with van der Waals surface area (Å²) >= 11 is 0. The van der Waals surface area contributed by atoms with Crippen LogP contribution in [0.3, 0.4) is 0 Å². The highest BCUT2D eigenvalue weighted by molar-refractivity contribution is 5.49. The number of fused-ring (bicyclic) bond motifs is 1. The smallest absolute Gasteiger partial charge is 0.0562 e. The Bertz CT molecular complexity index is 565. The van der Waals surface area contributed by atoms with Crippen LogP contribution in [-0.2, 0) is 19.5 Å². The molecule has 0 saturated carbocycles. The van der Waals surface area contributed by atoms with Crippen LogP contribution in [0.4, 0.5) is 5.69 Å². The molecule has 3 rings (SSSR count). The quantitative estimate of drug-likeness (QED) is 0.910. The summed E-state index contributed by atoms with van der Waals surface area (Å²) in [5, 5.41) is 3.15. The highest BCUT2D eigenvalue weighted by Gasteiger charge is 2.16. The van der Waals surface area contributed by atoms with Gasteiger partial charge >= 0.3 is 0 Å². The molecular formula is C16H19N3. The van der Waals surface area contributed by atoms with Crippen LogP contribution in [0.1, 0.15) is 16.8 Å². The van der Waals surface area contributed by atoms with Gasteiger partial charge in [-0.3, -0.25) is 4.98 Å². The number of aromatic nitrogens is 1. The minimum Gasteiger partial charge on any atom is -0.367 e. The minimum absolute atomic E-state index is 0.818. The Balaban J connectivity index is 1.82. The van der Waals surface area contributed by atoms with Gasteiger partial charge in [-0.25, -0.2) is 0 Å². The summed E-state index contributed by atoms with van der Waals surface area (Å²) in [7, 11) is 1.95. The van der Waals surface area contributed by atoms with Gasteiger partial charge in [0.25, 0.3) is 0 Å². The van der Waals surface area contributed by atoms with Gasteiger partial charge in [0.05, 0.1) is 5.69 Å². The molecule has 19 heavy (non-hydrogen) atoms. The number of rotatable bonds is 3. The summed E-state index contributed by atoms with van der Waals surface area (Å²) in [4.78, 5) is 6.81. The summed E-state index contributed by atoms with van der Waals surface area (Å²) in [5.41, 5.74) is 5.30. The van der Waals surface area contributed by atoms with E-state index in [1.165, 1.54) is 16.8 Å². The molecule has 0 fully saturated rings. The van der Waals surface area contributed by atoms with E-state index in [-0.39, 0.29) is 0 Å². The zero-order valence-corrected chi connectivity index (χ0v) is 11.3. The van der Waals surface area contributed by atoms with Gasteiger partial charge < -0.3 is 10.2 Å². The first-order valence-electron chi connectivity index (χ1n) is 6.78. The van der Waals surface area contributed by atoms with Crippen LogP contribution in [0.5, 0.6) is 0 Å². The highest BCUT2D eigenvalue weighted by atomic mass is 15.1. The molecule has 0 bridgehead atoms. The Hall–Kier alpha value is -1.87. The average Bonchev–Trinajstić information content (AvgIpc) is 2.47. The maximum Gasteiger partial charge on any atom is 0.0562 e. The van der Waals surface area contributed by atoms with Gasteiger partial charge in [-0.1, -0.05) is 24.3 Å². The molecule has 1 aliphatic rings. The fourth-order valence-electron chi connectivity index (χ4n) is 2.66. The first kappa shape index (κ1) is 12.2. The lowest BCUT2D eigenvalue weighted by molar-refractivity contribution is 0.727. The van der Waals surface area contributed by atoms with Gasteiger partial charge in [0.15, 0.2) is 0 Å². The molecule has 98 valence electrons. The average molecular weight is 253 g/mol. The molecule has 0 amide bonds. The van der Waals surface area contributed by atoms with Gasteiger partial charge in [-0.15, -0.1) is 0 Å². The van der Waals surface area contributed by atoms with E-state index >= 15 is 0 Å². The summed E-state index contributed by atoms with van der Waals surface area (Å²) in [6.07, 6.45) is 3.03. The lowest BCUT2D eigenvalue weighted by Gasteiger charge is -2.30. The largest absolute Gasteiger partial charge is 0.367 e. The maximum atomic E-state index is 4.38. The fraction of sp³-hybridized carbons (Fsp3) is 0.312. The molecule has 0 spiro atoms. The molecule has 3 nitrogen and oxygen atoms in total. The van der Waals surface area contributed by atoms with Crippen LogP contribution >= 0.6 is 0 Å². The van der Waals surface area contributed by atoms with Crippen molar-refractivity contribution in [2.75, 3.05) is 18.5 Å². The van der Waals surface area contributed by atoms with E-state index in [0.717, 1.165) is 31.7 Å². The van der Waals surface area contributed by atoms with Crippen LogP contribution in [0.2, 0.25) is 0 Å². The van der Waals surface area contributed by atoms with E-state index < -0.39 is 0 Å². The summed E-state index contributed by atoms with van der Waals surface area (Å²) in [6.45, 7) is 2.90. The predicted molar refractivity (Wildman–Crippen MR) is 78.2 cm³/mol. The maximum absolute atomic E-state index is 4.38. The van der Waals surface area contributed by atoms with Gasteiger partial charge in [0.1, 0.15) is 0 Å². The van der Waals surface area contributed by atoms with Crippen LogP contribution in [-0.4, -0.2) is 18.6 Å². The van der Waals surface area contributed by atoms with Crippen LogP contribution in [0.15, 0.2) is 42.6 Å². The van der Waals surface area contributed by atoms with E-state index in [9.17, 15) is 0 Å². The first-order chi connectivity index (χ1) is 9.36. The van der Waals surface area contributed by atoms with Crippen molar-refractivity contribution in [2.24, 2.45) is 0 Å². The first-order valence-corrected chi connectivity index (χ1v) is 6.78. The number of pyridine rings is 1. The number of benzene rings is 1. The summed E-state index contributed by atoms with van der Waals surface area (Å²) in [5.74, 6) is 0. The van der Waals surface area contributed by atoms with Gasteiger partial charge in [0.2, 0.25) is 0 Å². The third kappa shape index (κ3) is 2.61. The molecule has 0 saturated heterocycles. The second-order valence-electron chi connectivity index (χ2n) is 4.98. The number of hydrogen-bond donors (Lipinski definition) is 1. The fourth-order valence-corrected chi connectivity index (χ4v) is 2.66. The van der Waals surface area contributed by atoms with Crippen LogP contribution in [0, 0.1) is 0 Å². The molecule has 0 aliphatic carbocycles. The van der Waals surface area contributed by atoms with E-state index in [2.05, 4.69) is 51.6 Å². The zero-order valence-electron chi connectivity index (χ0n) is 11.3. The third-order valence-corrected chi connectivity index (χ3v) is 3.65. The van der Waals surface area contributed by atoms with Crippen molar-refractivity contribution < 1.29 is 0 Å². The number of anilines is 1. The molecule has 0 atom stereocenters. The Morgan fingerprint density at radius 1 is 1.21 bits per heavy atom. The number of nitrogens with zero attached hydrogens (tertiary/aromatic N) is 2. The highest BCUT2D eigenvalue weighted by Crippen LogP contribution is 2.24. The minimum atomic E-state index is 0.818. The molecule has 1 aromatic heterocycles. The number of nitrogens with one attached hydrogen (secondary N) is 1. The number of hydrogen-bond acceptors (Lipinski definition) is 3. The van der Waals surface area contributed by atoms with Crippen molar-refractivity contribution in [1.82, 2.24) is 10.3 Å². The summed E-state index contributed by atoms with van der Waals surface area (Å²) < 4.78 is 0. The molecular weight excluding hydrogens is 234 g/mol. The van der Waals surface area contributed by atoms with Gasteiger partial charge in [-0.05, 0) is 36.7 Å². The monoisotopic (exact) mass is 253 g/mol. The normalized spacial score (nSPS) is 14.3. The predicted octanol–water partition coefficient (Wildman–Crippen LogP) is 2.36. The van der Waals surface area contributed by atoms with E-state index in [0.29, 0.717) is 0 Å². The Morgan fingerprint density at radius 3 is 2.89 bits per heavy atom. The van der Waals surface area contributed by atoms with Crippen molar-refractivity contribution in [3.05, 3.63) is 59.4 Å². The van der Waals surface area contributed by atoms with E-state index in [1.54, 1.807) is 0 Å². The Morgan fingerprint density at radius 2 is 2.05 bits per heavy atom. The van der Waals surface area contributed by atoms with Crippen molar-refractivity contribution in [1.29, 1.82) is 0 Å². The molecule has 1 aromatic carbocycles. The Labute approximate surface area is 114 Å². The Kier molecular flexibility index (Phi) is 3.47. The molecule has 3 heteroatoms. The lowest BCUT2D eigenvalue weighted by atomic mass is 9.99. The van der Waals surface area contributed by atoms with Crippen LogP contribution < -0.4 is 10.2 Å². The molecule has 0 unspecified atom stereocenters. The SMILES string of the molecule is CNCc1cc(N2CCc3ccccc3C2)ccn1. The summed E-state index contributed by atoms with van der Waals surface area (Å²) in [6, 6.07) is 13.0. The van der Waals surface area contributed by atoms with Crippen molar-refractivity contribution in [2.45, 2.75) is 19.5 Å².